The van der Waals surface area contributed by atoms with Gasteiger partial charge in [-0.25, -0.2) is 0 Å². The van der Waals surface area contributed by atoms with Crippen LogP contribution < -0.4 is 4.90 Å². The van der Waals surface area contributed by atoms with E-state index in [-0.39, 0.29) is 5.91 Å². The van der Waals surface area contributed by atoms with Gasteiger partial charge in [0, 0.05) is 18.2 Å². The van der Waals surface area contributed by atoms with Crippen LogP contribution in [0.15, 0.2) is 48.5 Å². The van der Waals surface area contributed by atoms with E-state index in [0.717, 1.165) is 21.7 Å². The smallest absolute Gasteiger partial charge is 0.260 e. The van der Waals surface area contributed by atoms with E-state index in [1.807, 2.05) is 56.3 Å². The van der Waals surface area contributed by atoms with Gasteiger partial charge in [0.05, 0.1) is 13.2 Å². The first-order chi connectivity index (χ1) is 12.6. The lowest BCUT2D eigenvalue weighted by molar-refractivity contribution is 0.0975. The van der Waals surface area contributed by atoms with Crippen LogP contribution in [0.5, 0.6) is 0 Å². The third-order valence-electron chi connectivity index (χ3n) is 3.94. The maximum Gasteiger partial charge on any atom is 0.260 e. The molecule has 0 saturated carbocycles. The number of hydrogen-bond acceptors (Lipinski definition) is 5. The first kappa shape index (κ1) is 18.2. The molecule has 2 aromatic carbocycles. The number of carbonyl (C=O) groups excluding carboxylic acids is 1. The van der Waals surface area contributed by atoms with Gasteiger partial charge in [0.1, 0.15) is 5.01 Å². The van der Waals surface area contributed by atoms with E-state index in [4.69, 9.17) is 4.74 Å². The van der Waals surface area contributed by atoms with Gasteiger partial charge in [-0.1, -0.05) is 52.8 Å². The zero-order valence-corrected chi connectivity index (χ0v) is 15.9. The van der Waals surface area contributed by atoms with Crippen molar-refractivity contribution in [1.29, 1.82) is 0 Å². The van der Waals surface area contributed by atoms with Gasteiger partial charge in [0.25, 0.3) is 5.91 Å². The molecule has 1 aromatic heterocycles. The van der Waals surface area contributed by atoms with Crippen molar-refractivity contribution in [2.75, 3.05) is 25.2 Å². The van der Waals surface area contributed by atoms with Crippen LogP contribution in [0.4, 0.5) is 5.13 Å². The topological polar surface area (TPSA) is 55.3 Å². The molecule has 0 radical (unpaired) electrons. The number of aromatic nitrogens is 2. The van der Waals surface area contributed by atoms with Gasteiger partial charge < -0.3 is 4.74 Å². The Morgan fingerprint density at radius 3 is 2.50 bits per heavy atom. The van der Waals surface area contributed by atoms with E-state index >= 15 is 0 Å². The molecule has 0 unspecified atom stereocenters. The Morgan fingerprint density at radius 2 is 1.81 bits per heavy atom. The molecule has 1 amide bonds. The van der Waals surface area contributed by atoms with E-state index in [1.165, 1.54) is 11.3 Å². The summed E-state index contributed by atoms with van der Waals surface area (Å²) in [6.07, 6.45) is 0. The molecule has 0 aliphatic rings. The number of carbonyl (C=O) groups is 1. The van der Waals surface area contributed by atoms with Crippen molar-refractivity contribution in [3.8, 4) is 10.6 Å². The fraction of sp³-hybridized carbons (Fsp3) is 0.250. The predicted molar refractivity (Wildman–Crippen MR) is 105 cm³/mol. The molecule has 0 atom stereocenters. The van der Waals surface area contributed by atoms with Crippen LogP contribution in [0.1, 0.15) is 21.5 Å². The van der Waals surface area contributed by atoms with Crippen molar-refractivity contribution in [2.45, 2.75) is 13.8 Å². The van der Waals surface area contributed by atoms with Gasteiger partial charge in [0.2, 0.25) is 5.13 Å². The number of anilines is 1. The summed E-state index contributed by atoms with van der Waals surface area (Å²) in [5.41, 5.74) is 3.84. The third-order valence-corrected chi connectivity index (χ3v) is 4.93. The summed E-state index contributed by atoms with van der Waals surface area (Å²) >= 11 is 1.41. The molecule has 0 N–H and O–H groups in total. The van der Waals surface area contributed by atoms with Crippen molar-refractivity contribution >= 4 is 22.4 Å². The standard InChI is InChI=1S/C20H21N3O2S/c1-14-6-4-8-16(12-14)18-21-22-20(26-18)23(10-11-25-3)19(24)17-9-5-7-15(2)13-17/h4-9,12-13H,10-11H2,1-3H3. The molecule has 0 bridgehead atoms. The number of ether oxygens (including phenoxy) is 1. The summed E-state index contributed by atoms with van der Waals surface area (Å²) in [4.78, 5) is 14.6. The monoisotopic (exact) mass is 367 g/mol. The first-order valence-corrected chi connectivity index (χ1v) is 9.18. The normalized spacial score (nSPS) is 10.7. The number of benzene rings is 2. The second-order valence-electron chi connectivity index (χ2n) is 6.08. The SMILES string of the molecule is COCCN(C(=O)c1cccc(C)c1)c1nnc(-c2cccc(C)c2)s1. The Kier molecular flexibility index (Phi) is 5.75. The Bertz CT molecular complexity index is 907. The quantitative estimate of drug-likeness (QED) is 0.658. The van der Waals surface area contributed by atoms with Crippen LogP contribution in [0.25, 0.3) is 10.6 Å². The number of hydrogen-bond donors (Lipinski definition) is 0. The highest BCUT2D eigenvalue weighted by molar-refractivity contribution is 7.18. The molecular weight excluding hydrogens is 346 g/mol. The summed E-state index contributed by atoms with van der Waals surface area (Å²) in [6.45, 7) is 4.86. The minimum atomic E-state index is -0.0994. The molecular formula is C20H21N3O2S. The molecule has 26 heavy (non-hydrogen) atoms. The van der Waals surface area contributed by atoms with Crippen molar-refractivity contribution in [2.24, 2.45) is 0 Å². The Labute approximate surface area is 157 Å². The first-order valence-electron chi connectivity index (χ1n) is 8.36. The largest absolute Gasteiger partial charge is 0.383 e. The summed E-state index contributed by atoms with van der Waals surface area (Å²) in [6, 6.07) is 15.6. The number of amides is 1. The molecule has 0 saturated heterocycles. The number of rotatable bonds is 6. The highest BCUT2D eigenvalue weighted by Crippen LogP contribution is 2.30. The maximum atomic E-state index is 13.0. The predicted octanol–water partition coefficient (Wildman–Crippen LogP) is 4.12. The molecule has 0 aliphatic heterocycles. The van der Waals surface area contributed by atoms with E-state index in [0.29, 0.717) is 23.8 Å². The molecule has 1 heterocycles. The minimum absolute atomic E-state index is 0.0994. The lowest BCUT2D eigenvalue weighted by Crippen LogP contribution is -2.34. The summed E-state index contributed by atoms with van der Waals surface area (Å²) in [7, 11) is 1.62. The van der Waals surface area contributed by atoms with Crippen molar-refractivity contribution < 1.29 is 9.53 Å². The molecule has 6 heteroatoms. The third kappa shape index (κ3) is 4.15. The van der Waals surface area contributed by atoms with Gasteiger partial charge in [-0.3, -0.25) is 9.69 Å². The van der Waals surface area contributed by atoms with E-state index < -0.39 is 0 Å². The van der Waals surface area contributed by atoms with Gasteiger partial charge in [-0.05, 0) is 32.0 Å². The Morgan fingerprint density at radius 1 is 1.08 bits per heavy atom. The molecule has 5 nitrogen and oxygen atoms in total. The fourth-order valence-electron chi connectivity index (χ4n) is 2.62. The van der Waals surface area contributed by atoms with E-state index in [2.05, 4.69) is 16.3 Å². The van der Waals surface area contributed by atoms with Crippen molar-refractivity contribution in [1.82, 2.24) is 10.2 Å². The fourth-order valence-corrected chi connectivity index (χ4v) is 3.49. The van der Waals surface area contributed by atoms with Gasteiger partial charge >= 0.3 is 0 Å². The molecule has 3 rings (SSSR count). The number of aryl methyl sites for hydroxylation is 2. The summed E-state index contributed by atoms with van der Waals surface area (Å²) < 4.78 is 5.17. The zero-order valence-electron chi connectivity index (χ0n) is 15.1. The van der Waals surface area contributed by atoms with E-state index in [9.17, 15) is 4.79 Å². The molecule has 134 valence electrons. The lowest BCUT2D eigenvalue weighted by atomic mass is 10.1. The van der Waals surface area contributed by atoms with Crippen molar-refractivity contribution in [3.63, 3.8) is 0 Å². The van der Waals surface area contributed by atoms with Crippen LogP contribution in [0.2, 0.25) is 0 Å². The zero-order chi connectivity index (χ0) is 18.5. The number of nitrogens with zero attached hydrogens (tertiary/aromatic N) is 3. The minimum Gasteiger partial charge on any atom is -0.383 e. The van der Waals surface area contributed by atoms with Crippen LogP contribution >= 0.6 is 11.3 Å². The molecule has 0 spiro atoms. The second-order valence-corrected chi connectivity index (χ2v) is 7.03. The summed E-state index contributed by atoms with van der Waals surface area (Å²) in [5.74, 6) is -0.0994. The van der Waals surface area contributed by atoms with Crippen LogP contribution in [0, 0.1) is 13.8 Å². The van der Waals surface area contributed by atoms with Gasteiger partial charge in [-0.15, -0.1) is 10.2 Å². The average Bonchev–Trinajstić information content (AvgIpc) is 3.12. The number of methoxy groups -OCH3 is 1. The lowest BCUT2D eigenvalue weighted by Gasteiger charge is -2.19. The van der Waals surface area contributed by atoms with Crippen LogP contribution in [-0.2, 0) is 4.74 Å². The van der Waals surface area contributed by atoms with Crippen LogP contribution in [0.3, 0.4) is 0 Å². The average molecular weight is 367 g/mol. The Hall–Kier alpha value is -2.57. The second kappa shape index (κ2) is 8.21. The highest BCUT2D eigenvalue weighted by atomic mass is 32.1. The van der Waals surface area contributed by atoms with Crippen molar-refractivity contribution in [3.05, 3.63) is 65.2 Å². The Balaban J connectivity index is 1.92. The highest BCUT2D eigenvalue weighted by Gasteiger charge is 2.22. The summed E-state index contributed by atoms with van der Waals surface area (Å²) in [5, 5.41) is 9.92. The van der Waals surface area contributed by atoms with Gasteiger partial charge in [-0.2, -0.15) is 0 Å². The maximum absolute atomic E-state index is 13.0. The molecule has 0 fully saturated rings. The molecule has 3 aromatic rings. The molecule has 0 aliphatic carbocycles. The van der Waals surface area contributed by atoms with E-state index in [1.54, 1.807) is 12.0 Å². The van der Waals surface area contributed by atoms with Gasteiger partial charge in [0.15, 0.2) is 0 Å². The van der Waals surface area contributed by atoms with Crippen LogP contribution in [-0.4, -0.2) is 36.4 Å².